The first-order valence-corrected chi connectivity index (χ1v) is 24.1. The van der Waals surface area contributed by atoms with Gasteiger partial charge in [-0.25, -0.2) is 0 Å². The van der Waals surface area contributed by atoms with Crippen LogP contribution in [0.25, 0.3) is 50.1 Å². The summed E-state index contributed by atoms with van der Waals surface area (Å²) in [7, 11) is 0. The van der Waals surface area contributed by atoms with Crippen LogP contribution < -0.4 is 9.80 Å². The average Bonchev–Trinajstić information content (AvgIpc) is 3.91. The van der Waals surface area contributed by atoms with Gasteiger partial charge < -0.3 is 9.80 Å². The Hall–Kier alpha value is -8.72. The van der Waals surface area contributed by atoms with E-state index in [1.807, 2.05) is 0 Å². The lowest BCUT2D eigenvalue weighted by Gasteiger charge is -2.36. The fourth-order valence-electron chi connectivity index (χ4n) is 11.6. The Balaban J connectivity index is 0.973. The summed E-state index contributed by atoms with van der Waals surface area (Å²) in [5.41, 5.74) is 22.9. The molecule has 0 fully saturated rings. The molecule has 13 rings (SSSR count). The van der Waals surface area contributed by atoms with Crippen molar-refractivity contribution in [1.29, 1.82) is 0 Å². The van der Waals surface area contributed by atoms with Crippen LogP contribution in [0, 0.1) is 0 Å². The molecule has 0 aliphatic heterocycles. The second-order valence-electron chi connectivity index (χ2n) is 18.3. The summed E-state index contributed by atoms with van der Waals surface area (Å²) in [5.74, 6) is 0. The molecule has 10 aromatic rings. The van der Waals surface area contributed by atoms with Crippen molar-refractivity contribution in [2.75, 3.05) is 9.80 Å². The summed E-state index contributed by atoms with van der Waals surface area (Å²) in [4.78, 5) is 5.01. The maximum atomic E-state index is 2.50. The molecule has 0 radical (unpaired) electrons. The summed E-state index contributed by atoms with van der Waals surface area (Å²) in [6, 6.07) is 93.9. The van der Waals surface area contributed by atoms with Gasteiger partial charge in [-0.15, -0.1) is 0 Å². The zero-order chi connectivity index (χ0) is 45.7. The molecule has 2 nitrogen and oxygen atoms in total. The minimum absolute atomic E-state index is 0.116. The molecule has 0 amide bonds. The highest BCUT2D eigenvalue weighted by Gasteiger charge is 2.53. The Morgan fingerprint density at radius 1 is 0.333 bits per heavy atom. The monoisotopic (exact) mass is 880 g/mol. The van der Waals surface area contributed by atoms with E-state index in [1.165, 1.54) is 77.9 Å². The van der Waals surface area contributed by atoms with Crippen LogP contribution in [-0.2, 0) is 5.41 Å². The Kier molecular flexibility index (Phi) is 9.91. The van der Waals surface area contributed by atoms with E-state index in [9.17, 15) is 0 Å². The molecule has 3 aliphatic carbocycles. The van der Waals surface area contributed by atoms with E-state index >= 15 is 0 Å². The van der Waals surface area contributed by atoms with E-state index in [0.717, 1.165) is 34.9 Å². The van der Waals surface area contributed by atoms with E-state index in [-0.39, 0.29) is 6.04 Å². The van der Waals surface area contributed by atoms with Crippen molar-refractivity contribution in [2.45, 2.75) is 17.9 Å². The first kappa shape index (κ1) is 40.5. The molecule has 69 heavy (non-hydrogen) atoms. The lowest BCUT2D eigenvalue weighted by atomic mass is 9.70. The molecule has 1 spiro atoms. The fourth-order valence-corrected chi connectivity index (χ4v) is 11.6. The maximum Gasteiger partial charge on any atom is 0.0746 e. The van der Waals surface area contributed by atoms with Gasteiger partial charge >= 0.3 is 0 Å². The van der Waals surface area contributed by atoms with Gasteiger partial charge in [0.25, 0.3) is 0 Å². The van der Waals surface area contributed by atoms with Crippen LogP contribution >= 0.6 is 0 Å². The van der Waals surface area contributed by atoms with E-state index in [1.54, 1.807) is 0 Å². The second-order valence-corrected chi connectivity index (χ2v) is 18.3. The van der Waals surface area contributed by atoms with Gasteiger partial charge in [0.05, 0.1) is 17.1 Å². The first-order valence-electron chi connectivity index (χ1n) is 24.1. The minimum Gasteiger partial charge on any atom is -0.334 e. The number of nitrogens with zero attached hydrogens (tertiary/aromatic N) is 2. The van der Waals surface area contributed by atoms with Gasteiger partial charge in [-0.3, -0.25) is 0 Å². The predicted molar refractivity (Wildman–Crippen MR) is 289 cm³/mol. The van der Waals surface area contributed by atoms with Crippen LogP contribution in [0.15, 0.2) is 273 Å². The highest BCUT2D eigenvalue weighted by molar-refractivity contribution is 5.99. The van der Waals surface area contributed by atoms with Gasteiger partial charge in [0, 0.05) is 28.3 Å². The fraction of sp³-hybridized carbons (Fsp3) is 0.0448. The third-order valence-corrected chi connectivity index (χ3v) is 14.6. The van der Waals surface area contributed by atoms with Crippen LogP contribution in [0.2, 0.25) is 0 Å². The highest BCUT2D eigenvalue weighted by Crippen LogP contribution is 2.65. The lowest BCUT2D eigenvalue weighted by molar-refractivity contribution is 0.787. The quantitative estimate of drug-likeness (QED) is 0.143. The topological polar surface area (TPSA) is 6.48 Å². The number of rotatable bonds is 9. The molecule has 326 valence electrons. The predicted octanol–water partition coefficient (Wildman–Crippen LogP) is 17.4. The molecule has 1 atom stereocenters. The Labute approximate surface area is 405 Å². The van der Waals surface area contributed by atoms with Crippen molar-refractivity contribution in [3.05, 3.63) is 301 Å². The molecule has 0 saturated heterocycles. The molecule has 0 saturated carbocycles. The molecular weight excluding hydrogens is 833 g/mol. The third-order valence-electron chi connectivity index (χ3n) is 14.6. The Bertz CT molecular complexity index is 3490. The molecule has 10 aromatic carbocycles. The van der Waals surface area contributed by atoms with Crippen LogP contribution in [0.1, 0.15) is 34.2 Å². The molecule has 0 N–H and O–H groups in total. The second kappa shape index (κ2) is 16.9. The van der Waals surface area contributed by atoms with E-state index in [2.05, 4.69) is 283 Å². The molecule has 3 aliphatic rings. The smallest absolute Gasteiger partial charge is 0.0746 e. The Morgan fingerprint density at radius 2 is 0.725 bits per heavy atom. The van der Waals surface area contributed by atoms with Crippen molar-refractivity contribution in [2.24, 2.45) is 0 Å². The highest BCUT2D eigenvalue weighted by atomic mass is 15.2. The number of hydrogen-bond acceptors (Lipinski definition) is 2. The molecule has 0 aromatic heterocycles. The van der Waals surface area contributed by atoms with Crippen molar-refractivity contribution >= 4 is 34.0 Å². The average molecular weight is 881 g/mol. The van der Waals surface area contributed by atoms with Gasteiger partial charge in [0.1, 0.15) is 0 Å². The largest absolute Gasteiger partial charge is 0.334 e. The summed E-state index contributed by atoms with van der Waals surface area (Å²) in [6.07, 6.45) is 7.95. The van der Waals surface area contributed by atoms with E-state index in [0.29, 0.717) is 0 Å². The van der Waals surface area contributed by atoms with Crippen LogP contribution in [0.5, 0.6) is 0 Å². The molecular formula is C67H48N2. The Morgan fingerprint density at radius 3 is 1.22 bits per heavy atom. The maximum absolute atomic E-state index is 2.50. The number of allylic oxidation sites excluding steroid dienone is 2. The van der Waals surface area contributed by atoms with Gasteiger partial charge in [-0.05, 0) is 133 Å². The van der Waals surface area contributed by atoms with E-state index < -0.39 is 5.41 Å². The van der Waals surface area contributed by atoms with Crippen molar-refractivity contribution in [3.63, 3.8) is 0 Å². The lowest BCUT2D eigenvalue weighted by Crippen LogP contribution is -2.30. The zero-order valence-corrected chi connectivity index (χ0v) is 38.2. The third kappa shape index (κ3) is 6.71. The van der Waals surface area contributed by atoms with Gasteiger partial charge in [-0.1, -0.05) is 218 Å². The number of hydrogen-bond donors (Lipinski definition) is 0. The van der Waals surface area contributed by atoms with E-state index in [4.69, 9.17) is 0 Å². The van der Waals surface area contributed by atoms with Crippen molar-refractivity contribution in [1.82, 2.24) is 0 Å². The van der Waals surface area contributed by atoms with Crippen LogP contribution in [0.3, 0.4) is 0 Å². The molecule has 0 bridgehead atoms. The summed E-state index contributed by atoms with van der Waals surface area (Å²) >= 11 is 0. The molecule has 1 unspecified atom stereocenters. The normalized spacial score (nSPS) is 14.6. The van der Waals surface area contributed by atoms with Gasteiger partial charge in [-0.2, -0.15) is 0 Å². The van der Waals surface area contributed by atoms with Gasteiger partial charge in [0.2, 0.25) is 0 Å². The van der Waals surface area contributed by atoms with Crippen molar-refractivity contribution < 1.29 is 0 Å². The van der Waals surface area contributed by atoms with Crippen LogP contribution in [-0.4, -0.2) is 6.04 Å². The standard InChI is InChI=1S/C67H48N2/c1-4-17-47(18-5-1)50-31-37-53(38-32-50)68(54-39-33-51(34-40-54)48-19-6-2-7-20-48)55-43-45-57(46-44-55)69(56-41-35-52(36-42-56)49-21-8-3-9-22-49)65-30-16-26-61-60-25-12-15-29-64(60)67(66(61)65)62-27-13-10-23-58(62)59-24-11-14-28-63(59)67/h1-39,41-46,54H,40H2. The van der Waals surface area contributed by atoms with Crippen molar-refractivity contribution in [3.8, 4) is 44.5 Å². The zero-order valence-electron chi connectivity index (χ0n) is 38.2. The number of fused-ring (bicyclic) bond motifs is 10. The minimum atomic E-state index is -0.514. The molecule has 0 heterocycles. The number of anilines is 5. The first-order chi connectivity index (χ1) is 34.2. The van der Waals surface area contributed by atoms with Crippen LogP contribution in [0.4, 0.5) is 28.4 Å². The van der Waals surface area contributed by atoms with Gasteiger partial charge in [0.15, 0.2) is 0 Å². The summed E-state index contributed by atoms with van der Waals surface area (Å²) in [6.45, 7) is 0. The summed E-state index contributed by atoms with van der Waals surface area (Å²) < 4.78 is 0. The SMILES string of the molecule is C1=CC(N(c2ccc(-c3ccccc3)cc2)c2ccc(N(c3ccc(-c4ccccc4)cc3)c3cccc4c3C3(c5ccccc5-c5ccccc53)c3ccccc3-4)cc2)CC=C1c1ccccc1. The molecule has 2 heteroatoms. The summed E-state index contributed by atoms with van der Waals surface area (Å²) in [5, 5.41) is 0. The number of benzene rings is 10.